The van der Waals surface area contributed by atoms with Gasteiger partial charge in [0.25, 0.3) is 5.56 Å². The highest BCUT2D eigenvalue weighted by Gasteiger charge is 2.26. The molecule has 4 aromatic heterocycles. The smallest absolute Gasteiger partial charge is 0.278 e. The minimum atomic E-state index is -0.913. The van der Waals surface area contributed by atoms with Gasteiger partial charge in [-0.2, -0.15) is 0 Å². The van der Waals surface area contributed by atoms with E-state index in [0.717, 1.165) is 10.8 Å². The highest BCUT2D eigenvalue weighted by Crippen LogP contribution is 2.30. The Hall–Kier alpha value is -3.83. The van der Waals surface area contributed by atoms with Crippen LogP contribution in [-0.4, -0.2) is 36.2 Å². The van der Waals surface area contributed by atoms with Crippen molar-refractivity contribution < 1.29 is 23.0 Å². The van der Waals surface area contributed by atoms with Crippen LogP contribution < -0.4 is 10.3 Å². The summed E-state index contributed by atoms with van der Waals surface area (Å²) < 4.78 is 49.6. The molecule has 0 saturated carbocycles. The number of aryl methyl sites for hydroxylation is 2. The van der Waals surface area contributed by atoms with Crippen molar-refractivity contribution in [2.24, 2.45) is 0 Å². The molecule has 4 heterocycles. The summed E-state index contributed by atoms with van der Waals surface area (Å²) in [5.41, 5.74) is -1.15. The average molecular weight is 546 g/mol. The molecule has 38 heavy (non-hydrogen) atoms. The molecule has 0 aliphatic rings. The molecular formula is C26H23ClF3N5O3. The molecule has 0 aliphatic heterocycles. The second kappa shape index (κ2) is 10.5. The Bertz CT molecular complexity index is 1590. The van der Waals surface area contributed by atoms with E-state index in [1.54, 1.807) is 27.7 Å². The first kappa shape index (κ1) is 27.2. The van der Waals surface area contributed by atoms with Gasteiger partial charge in [-0.3, -0.25) is 19.3 Å². The van der Waals surface area contributed by atoms with Crippen molar-refractivity contribution >= 4 is 11.6 Å². The molecule has 0 aromatic carbocycles. The summed E-state index contributed by atoms with van der Waals surface area (Å²) in [6, 6.07) is 3.54. The van der Waals surface area contributed by atoms with Gasteiger partial charge in [-0.1, -0.05) is 25.4 Å². The molecule has 0 bridgehead atoms. The van der Waals surface area contributed by atoms with Gasteiger partial charge in [-0.05, 0) is 25.5 Å². The van der Waals surface area contributed by atoms with E-state index in [2.05, 4.69) is 19.9 Å². The van der Waals surface area contributed by atoms with E-state index in [1.165, 1.54) is 24.5 Å². The Kier molecular flexibility index (Phi) is 7.52. The highest BCUT2D eigenvalue weighted by atomic mass is 35.5. The number of halogens is 4. The molecule has 0 radical (unpaired) electrons. The van der Waals surface area contributed by atoms with Crippen LogP contribution in [-0.2, 0) is 12.0 Å². The summed E-state index contributed by atoms with van der Waals surface area (Å²) in [7, 11) is 0. The van der Waals surface area contributed by atoms with Crippen LogP contribution in [0.1, 0.15) is 36.6 Å². The second-order valence-corrected chi connectivity index (χ2v) is 9.61. The van der Waals surface area contributed by atoms with Crippen LogP contribution in [0.15, 0.2) is 41.6 Å². The lowest BCUT2D eigenvalue weighted by Gasteiger charge is -2.20. The number of rotatable bonds is 7. The molecule has 0 aliphatic carbocycles. The third-order valence-corrected chi connectivity index (χ3v) is 6.20. The number of hydrogen-bond acceptors (Lipinski definition) is 7. The molecule has 8 nitrogen and oxygen atoms in total. The Morgan fingerprint density at radius 3 is 2.53 bits per heavy atom. The van der Waals surface area contributed by atoms with Gasteiger partial charge >= 0.3 is 0 Å². The first-order valence-corrected chi connectivity index (χ1v) is 11.8. The Balaban J connectivity index is 1.77. The van der Waals surface area contributed by atoms with Crippen LogP contribution >= 0.6 is 11.6 Å². The van der Waals surface area contributed by atoms with E-state index in [0.29, 0.717) is 17.5 Å². The van der Waals surface area contributed by atoms with Gasteiger partial charge < -0.3 is 9.84 Å². The molecule has 12 heteroatoms. The van der Waals surface area contributed by atoms with E-state index < -0.39 is 35.0 Å². The normalized spacial score (nSPS) is 11.6. The van der Waals surface area contributed by atoms with Crippen LogP contribution in [0.5, 0.6) is 5.75 Å². The summed E-state index contributed by atoms with van der Waals surface area (Å²) in [5, 5.41) is 9.29. The monoisotopic (exact) mass is 545 g/mol. The maximum absolute atomic E-state index is 16.0. The van der Waals surface area contributed by atoms with E-state index in [1.807, 2.05) is 0 Å². The third-order valence-electron chi connectivity index (χ3n) is 5.85. The number of aromatic nitrogens is 5. The van der Waals surface area contributed by atoms with Gasteiger partial charge in [0.15, 0.2) is 11.6 Å². The highest BCUT2D eigenvalue weighted by molar-refractivity contribution is 6.31. The fourth-order valence-electron chi connectivity index (χ4n) is 3.66. The molecule has 0 saturated heterocycles. The summed E-state index contributed by atoms with van der Waals surface area (Å²) >= 11 is 6.29. The SMILES string of the molecule is Cc1cnc(-c2ccnc(C(C)(C)CO)n2)c(F)c1-n1c(C)cc(OCc2ncc(F)cc2F)c(Cl)c1=O. The van der Waals surface area contributed by atoms with Crippen LogP contribution in [0.4, 0.5) is 13.2 Å². The Morgan fingerprint density at radius 1 is 1.11 bits per heavy atom. The largest absolute Gasteiger partial charge is 0.485 e. The van der Waals surface area contributed by atoms with Crippen molar-refractivity contribution in [3.05, 3.63) is 92.4 Å². The molecule has 0 fully saturated rings. The molecule has 0 atom stereocenters. The van der Waals surface area contributed by atoms with Crippen molar-refractivity contribution in [2.75, 3.05) is 6.61 Å². The summed E-state index contributed by atoms with van der Waals surface area (Å²) in [6.07, 6.45) is 3.68. The lowest BCUT2D eigenvalue weighted by atomic mass is 9.93. The average Bonchev–Trinajstić information content (AvgIpc) is 2.88. The zero-order valence-corrected chi connectivity index (χ0v) is 21.6. The van der Waals surface area contributed by atoms with Crippen molar-refractivity contribution in [1.29, 1.82) is 0 Å². The molecule has 1 N–H and O–H groups in total. The molecule has 0 amide bonds. The second-order valence-electron chi connectivity index (χ2n) is 9.24. The molecular weight excluding hydrogens is 523 g/mol. The van der Waals surface area contributed by atoms with Gasteiger partial charge in [-0.15, -0.1) is 0 Å². The van der Waals surface area contributed by atoms with E-state index in [9.17, 15) is 18.7 Å². The van der Waals surface area contributed by atoms with Crippen LogP contribution in [0.3, 0.4) is 0 Å². The number of hydrogen-bond donors (Lipinski definition) is 1. The minimum absolute atomic E-state index is 0.0741. The van der Waals surface area contributed by atoms with Crippen molar-refractivity contribution in [3.63, 3.8) is 0 Å². The van der Waals surface area contributed by atoms with E-state index >= 15 is 4.39 Å². The topological polar surface area (TPSA) is 103 Å². The molecule has 0 spiro atoms. The number of nitrogens with zero attached hydrogens (tertiary/aromatic N) is 5. The lowest BCUT2D eigenvalue weighted by molar-refractivity contribution is 0.212. The quantitative estimate of drug-likeness (QED) is 0.361. The predicted octanol–water partition coefficient (Wildman–Crippen LogP) is 4.62. The van der Waals surface area contributed by atoms with Gasteiger partial charge in [0, 0.05) is 35.6 Å². The van der Waals surface area contributed by atoms with Crippen molar-refractivity contribution in [1.82, 2.24) is 24.5 Å². The van der Waals surface area contributed by atoms with Crippen molar-refractivity contribution in [3.8, 4) is 22.8 Å². The maximum Gasteiger partial charge on any atom is 0.278 e. The fourth-order valence-corrected chi connectivity index (χ4v) is 3.86. The predicted molar refractivity (Wildman–Crippen MR) is 134 cm³/mol. The molecule has 4 aromatic rings. The lowest BCUT2D eigenvalue weighted by Crippen LogP contribution is -2.25. The van der Waals surface area contributed by atoms with E-state index in [4.69, 9.17) is 16.3 Å². The summed E-state index contributed by atoms with van der Waals surface area (Å²) in [5.74, 6) is -2.35. The van der Waals surface area contributed by atoms with Crippen LogP contribution in [0.25, 0.3) is 17.1 Å². The number of aliphatic hydroxyl groups is 1. The summed E-state index contributed by atoms with van der Waals surface area (Å²) in [4.78, 5) is 29.7. The number of ether oxygens (including phenoxy) is 1. The van der Waals surface area contributed by atoms with Gasteiger partial charge in [0.1, 0.15) is 40.4 Å². The molecule has 0 unspecified atom stereocenters. The number of pyridine rings is 3. The standard InChI is InChI=1S/C26H23ClF3N5O3/c1-13-9-33-22(17-5-6-31-25(34-17)26(3,4)12-36)21(30)23(13)35-14(2)7-19(20(27)24(35)37)38-11-18-16(29)8-15(28)10-32-18/h5-10,36H,11-12H2,1-4H3. The number of aliphatic hydroxyl groups excluding tert-OH is 1. The maximum atomic E-state index is 16.0. The first-order valence-electron chi connectivity index (χ1n) is 11.4. The van der Waals surface area contributed by atoms with Crippen LogP contribution in [0.2, 0.25) is 5.02 Å². The first-order chi connectivity index (χ1) is 17.9. The van der Waals surface area contributed by atoms with Gasteiger partial charge in [-0.25, -0.2) is 23.1 Å². The zero-order chi connectivity index (χ0) is 27.8. The van der Waals surface area contributed by atoms with Gasteiger partial charge in [0.2, 0.25) is 0 Å². The summed E-state index contributed by atoms with van der Waals surface area (Å²) in [6.45, 7) is 5.98. The van der Waals surface area contributed by atoms with Crippen LogP contribution in [0, 0.1) is 31.3 Å². The van der Waals surface area contributed by atoms with Crippen molar-refractivity contribution in [2.45, 2.75) is 39.7 Å². The van der Waals surface area contributed by atoms with E-state index in [-0.39, 0.29) is 45.8 Å². The fraction of sp³-hybridized carbons (Fsp3) is 0.269. The van der Waals surface area contributed by atoms with Gasteiger partial charge in [0.05, 0.1) is 24.2 Å². The molecule has 198 valence electrons. The molecule has 4 rings (SSSR count). The Labute approximate surface area is 220 Å². The third kappa shape index (κ3) is 5.11. The minimum Gasteiger partial charge on any atom is -0.485 e. The zero-order valence-electron chi connectivity index (χ0n) is 20.9. The Morgan fingerprint density at radius 2 is 1.84 bits per heavy atom.